The summed E-state index contributed by atoms with van der Waals surface area (Å²) in [5.74, 6) is -0.622. The summed E-state index contributed by atoms with van der Waals surface area (Å²) in [7, 11) is 0. The molecule has 3 saturated heterocycles. The lowest BCUT2D eigenvalue weighted by atomic mass is 9.85. The number of aliphatic hydroxyl groups is 1. The molecule has 4 heterocycles. The summed E-state index contributed by atoms with van der Waals surface area (Å²) in [5, 5.41) is 12.7. The lowest BCUT2D eigenvalue weighted by Crippen LogP contribution is -2.57. The molecule has 4 aromatic rings. The van der Waals surface area contributed by atoms with Crippen LogP contribution in [-0.2, 0) is 20.9 Å². The van der Waals surface area contributed by atoms with Gasteiger partial charge in [0.15, 0.2) is 6.29 Å². The van der Waals surface area contributed by atoms with Gasteiger partial charge in [-0.1, -0.05) is 66.7 Å². The normalized spacial score (nSPS) is 23.6. The lowest BCUT2D eigenvalue weighted by Gasteiger charge is -2.45. The van der Waals surface area contributed by atoms with Gasteiger partial charge < -0.3 is 29.7 Å². The summed E-state index contributed by atoms with van der Waals surface area (Å²) in [4.78, 5) is 45.5. The number of carbonyl (C=O) groups is 3. The van der Waals surface area contributed by atoms with E-state index < -0.39 is 11.8 Å². The number of imide groups is 1. The van der Waals surface area contributed by atoms with Gasteiger partial charge in [0.1, 0.15) is 5.54 Å². The summed E-state index contributed by atoms with van der Waals surface area (Å²) in [6.07, 6.45) is 0.793. The molecule has 10 heteroatoms. The topological polar surface area (TPSA) is 112 Å². The van der Waals surface area contributed by atoms with Crippen LogP contribution < -0.4 is 15.1 Å². The molecule has 0 saturated carbocycles. The van der Waals surface area contributed by atoms with Crippen molar-refractivity contribution >= 4 is 29.1 Å². The molecule has 4 aromatic carbocycles. The highest BCUT2D eigenvalue weighted by Crippen LogP contribution is 2.41. The van der Waals surface area contributed by atoms with Gasteiger partial charge in [-0.05, 0) is 60.4 Å². The number of hydrogen-bond donors (Lipinski definition) is 2. The Morgan fingerprint density at radius 2 is 1.43 bits per heavy atom. The van der Waals surface area contributed by atoms with Crippen molar-refractivity contribution < 1.29 is 29.0 Å². The number of nitrogens with one attached hydrogen (secondary N) is 1. The van der Waals surface area contributed by atoms with E-state index in [0.717, 1.165) is 29.9 Å². The molecule has 4 aliphatic heterocycles. The van der Waals surface area contributed by atoms with Crippen LogP contribution >= 0.6 is 0 Å². The predicted molar refractivity (Wildman–Crippen MR) is 183 cm³/mol. The van der Waals surface area contributed by atoms with E-state index in [1.54, 1.807) is 36.4 Å². The number of benzene rings is 4. The summed E-state index contributed by atoms with van der Waals surface area (Å²) < 4.78 is 13.2. The van der Waals surface area contributed by atoms with Gasteiger partial charge in [0.25, 0.3) is 11.8 Å². The van der Waals surface area contributed by atoms with Gasteiger partial charge in [-0.2, -0.15) is 0 Å². The molecule has 3 fully saturated rings. The summed E-state index contributed by atoms with van der Waals surface area (Å²) in [6.45, 7) is 2.61. The van der Waals surface area contributed by atoms with Gasteiger partial charge in [-0.15, -0.1) is 0 Å². The average molecular weight is 659 g/mol. The van der Waals surface area contributed by atoms with E-state index in [4.69, 9.17) is 9.47 Å². The molecule has 3 atom stereocenters. The Hall–Kier alpha value is -4.87. The number of fused-ring (bicyclic) bond motifs is 1. The molecule has 250 valence electrons. The van der Waals surface area contributed by atoms with Gasteiger partial charge in [0.05, 0.1) is 42.3 Å². The third-order valence-electron chi connectivity index (χ3n) is 10.4. The largest absolute Gasteiger partial charge is 0.392 e. The molecule has 8 rings (SSSR count). The van der Waals surface area contributed by atoms with Crippen molar-refractivity contribution in [1.29, 1.82) is 0 Å². The number of piperidine rings is 1. The fourth-order valence-corrected chi connectivity index (χ4v) is 7.69. The van der Waals surface area contributed by atoms with Crippen LogP contribution in [0.3, 0.4) is 0 Å². The van der Waals surface area contributed by atoms with E-state index in [1.807, 2.05) is 54.6 Å². The number of rotatable bonds is 7. The third-order valence-corrected chi connectivity index (χ3v) is 10.4. The van der Waals surface area contributed by atoms with E-state index in [0.29, 0.717) is 54.9 Å². The molecule has 0 radical (unpaired) electrons. The Labute approximate surface area is 284 Å². The summed E-state index contributed by atoms with van der Waals surface area (Å²) in [5.41, 5.74) is 4.21. The van der Waals surface area contributed by atoms with Crippen LogP contribution in [0.2, 0.25) is 0 Å². The van der Waals surface area contributed by atoms with E-state index in [1.165, 1.54) is 4.90 Å². The first-order valence-electron chi connectivity index (χ1n) is 16.9. The zero-order valence-corrected chi connectivity index (χ0v) is 27.0. The van der Waals surface area contributed by atoms with Gasteiger partial charge in [-0.25, -0.2) is 4.90 Å². The minimum atomic E-state index is -0.748. The molecule has 4 aliphatic rings. The van der Waals surface area contributed by atoms with Crippen molar-refractivity contribution in [2.45, 2.75) is 49.9 Å². The molecular formula is C39H38N4O6. The van der Waals surface area contributed by atoms with Gasteiger partial charge in [0.2, 0.25) is 5.91 Å². The average Bonchev–Trinajstić information content (AvgIpc) is 3.60. The number of nitrogens with zero attached hydrogens (tertiary/aromatic N) is 3. The Kier molecular flexibility index (Phi) is 8.25. The fourth-order valence-electron chi connectivity index (χ4n) is 7.69. The number of anilines is 2. The van der Waals surface area contributed by atoms with Gasteiger partial charge in [-0.3, -0.25) is 14.4 Å². The monoisotopic (exact) mass is 658 g/mol. The van der Waals surface area contributed by atoms with Crippen LogP contribution in [-0.4, -0.2) is 65.7 Å². The maximum atomic E-state index is 13.3. The molecule has 1 spiro atoms. The number of likely N-dealkylation sites (tertiary alicyclic amines) is 1. The minimum Gasteiger partial charge on any atom is -0.392 e. The minimum absolute atomic E-state index is 0.0407. The van der Waals surface area contributed by atoms with E-state index >= 15 is 0 Å². The zero-order chi connectivity index (χ0) is 33.5. The summed E-state index contributed by atoms with van der Waals surface area (Å²) >= 11 is 0. The fraction of sp³-hybridized carbons (Fsp3) is 0.308. The van der Waals surface area contributed by atoms with Crippen LogP contribution in [0.15, 0.2) is 103 Å². The highest BCUT2D eigenvalue weighted by Gasteiger charge is 2.50. The first-order chi connectivity index (χ1) is 23.9. The van der Waals surface area contributed by atoms with Crippen molar-refractivity contribution in [3.63, 3.8) is 0 Å². The van der Waals surface area contributed by atoms with E-state index in [2.05, 4.69) is 27.2 Å². The first-order valence-corrected chi connectivity index (χ1v) is 16.9. The number of carbonyl (C=O) groups excluding carboxylic acids is 3. The SMILES string of the molecule is O=C1c2ccccc2C(=O)N1c1cccc(C2OC(CN3CCC4(CC3)C(=O)NCN4c3ccccc3)CC(c3ccc(CO)cc3)O2)c1. The number of para-hydroxylation sites is 1. The number of ether oxygens (including phenoxy) is 2. The Bertz CT molecular complexity index is 1840. The molecular weight excluding hydrogens is 620 g/mol. The molecule has 3 amide bonds. The van der Waals surface area contributed by atoms with Crippen molar-refractivity contribution in [2.24, 2.45) is 0 Å². The number of amides is 3. The number of aliphatic hydroxyl groups excluding tert-OH is 1. The molecule has 10 nitrogen and oxygen atoms in total. The van der Waals surface area contributed by atoms with Crippen LogP contribution in [0, 0.1) is 0 Å². The van der Waals surface area contributed by atoms with Crippen molar-refractivity contribution in [3.05, 3.63) is 131 Å². The second kappa shape index (κ2) is 12.9. The van der Waals surface area contributed by atoms with Crippen molar-refractivity contribution in [1.82, 2.24) is 10.2 Å². The Balaban J connectivity index is 1.02. The van der Waals surface area contributed by atoms with E-state index in [9.17, 15) is 19.5 Å². The van der Waals surface area contributed by atoms with Gasteiger partial charge >= 0.3 is 0 Å². The highest BCUT2D eigenvalue weighted by molar-refractivity contribution is 6.34. The van der Waals surface area contributed by atoms with E-state index in [-0.39, 0.29) is 36.5 Å². The van der Waals surface area contributed by atoms with Crippen LogP contribution in [0.5, 0.6) is 0 Å². The summed E-state index contributed by atoms with van der Waals surface area (Å²) in [6, 6.07) is 32.0. The second-order valence-electron chi connectivity index (χ2n) is 13.2. The molecule has 0 aromatic heterocycles. The predicted octanol–water partition coefficient (Wildman–Crippen LogP) is 4.95. The zero-order valence-electron chi connectivity index (χ0n) is 27.0. The van der Waals surface area contributed by atoms with Crippen molar-refractivity contribution in [2.75, 3.05) is 36.1 Å². The van der Waals surface area contributed by atoms with Crippen LogP contribution in [0.1, 0.15) is 69.1 Å². The maximum Gasteiger partial charge on any atom is 0.266 e. The maximum absolute atomic E-state index is 13.3. The van der Waals surface area contributed by atoms with Crippen LogP contribution in [0.4, 0.5) is 11.4 Å². The lowest BCUT2D eigenvalue weighted by molar-refractivity contribution is -0.253. The quantitative estimate of drug-likeness (QED) is 0.269. The molecule has 0 bridgehead atoms. The molecule has 0 aliphatic carbocycles. The number of hydrogen-bond acceptors (Lipinski definition) is 8. The smallest absolute Gasteiger partial charge is 0.266 e. The Morgan fingerprint density at radius 3 is 2.12 bits per heavy atom. The van der Waals surface area contributed by atoms with Crippen LogP contribution in [0.25, 0.3) is 0 Å². The second-order valence-corrected chi connectivity index (χ2v) is 13.2. The molecule has 49 heavy (non-hydrogen) atoms. The highest BCUT2D eigenvalue weighted by atomic mass is 16.7. The van der Waals surface area contributed by atoms with Gasteiger partial charge in [0, 0.05) is 37.3 Å². The Morgan fingerprint density at radius 1 is 0.755 bits per heavy atom. The molecule has 3 unspecified atom stereocenters. The third kappa shape index (κ3) is 5.70. The van der Waals surface area contributed by atoms with Crippen molar-refractivity contribution in [3.8, 4) is 0 Å². The first kappa shape index (κ1) is 31.4. The molecule has 2 N–H and O–H groups in total. The standard InChI is InChI=1S/C39H38N4O6/c44-24-26-13-15-27(16-14-26)34-22-31(23-41-19-17-39(18-20-41)38(47)40-25-42(39)29-8-2-1-3-9-29)48-37(49-34)28-7-6-10-30(21-28)43-35(45)32-11-4-5-12-33(32)36(43)46/h1-16,21,31,34,37,44H,17-20,22-25H2,(H,40,47).